The van der Waals surface area contributed by atoms with Crippen LogP contribution in [-0.4, -0.2) is 36.7 Å². The first kappa shape index (κ1) is 18.0. The standard InChI is InChI=1S/C17H21N3O3S2/c1-13(21)18-10-15-12-24-17(19-15)14-6-5-9-20(11-14)25(22,23)16-7-3-2-4-8-16/h2-4,7-8,12,14H,5-6,9-11H2,1H3,(H,18,21). The molecule has 0 bridgehead atoms. The van der Waals surface area contributed by atoms with Gasteiger partial charge in [-0.05, 0) is 25.0 Å². The number of sulfonamides is 1. The molecule has 25 heavy (non-hydrogen) atoms. The van der Waals surface area contributed by atoms with Crippen LogP contribution in [0.1, 0.15) is 36.4 Å². The van der Waals surface area contributed by atoms with Gasteiger partial charge in [-0.25, -0.2) is 13.4 Å². The molecule has 0 aliphatic carbocycles. The van der Waals surface area contributed by atoms with Crippen LogP contribution in [0, 0.1) is 0 Å². The van der Waals surface area contributed by atoms with Gasteiger partial charge < -0.3 is 5.32 Å². The van der Waals surface area contributed by atoms with Crippen LogP contribution in [0.25, 0.3) is 0 Å². The van der Waals surface area contributed by atoms with E-state index in [1.165, 1.54) is 18.3 Å². The van der Waals surface area contributed by atoms with Crippen LogP contribution in [0.15, 0.2) is 40.6 Å². The fourth-order valence-corrected chi connectivity index (χ4v) is 5.40. The minimum absolute atomic E-state index is 0.0904. The summed E-state index contributed by atoms with van der Waals surface area (Å²) >= 11 is 1.53. The molecular formula is C17H21N3O3S2. The second-order valence-electron chi connectivity index (χ2n) is 6.10. The Kier molecular flexibility index (Phi) is 5.51. The Labute approximate surface area is 151 Å². The third-order valence-electron chi connectivity index (χ3n) is 4.20. The van der Waals surface area contributed by atoms with Gasteiger partial charge >= 0.3 is 0 Å². The molecule has 3 rings (SSSR count). The summed E-state index contributed by atoms with van der Waals surface area (Å²) in [6.07, 6.45) is 1.74. The fraction of sp³-hybridized carbons (Fsp3) is 0.412. The predicted octanol–water partition coefficient (Wildman–Crippen LogP) is 2.35. The highest BCUT2D eigenvalue weighted by Crippen LogP contribution is 2.31. The Balaban J connectivity index is 1.72. The summed E-state index contributed by atoms with van der Waals surface area (Å²) in [4.78, 5) is 15.9. The lowest BCUT2D eigenvalue weighted by atomic mass is 10.0. The van der Waals surface area contributed by atoms with Gasteiger partial charge in [-0.2, -0.15) is 4.31 Å². The van der Waals surface area contributed by atoms with Gasteiger partial charge in [-0.3, -0.25) is 4.79 Å². The summed E-state index contributed by atoms with van der Waals surface area (Å²) < 4.78 is 27.2. The van der Waals surface area contributed by atoms with Gasteiger partial charge in [0, 0.05) is 31.3 Å². The highest BCUT2D eigenvalue weighted by atomic mass is 32.2. The Morgan fingerprint density at radius 3 is 2.84 bits per heavy atom. The molecule has 1 atom stereocenters. The first-order valence-corrected chi connectivity index (χ1v) is 10.5. The van der Waals surface area contributed by atoms with Gasteiger partial charge in [-0.15, -0.1) is 11.3 Å². The van der Waals surface area contributed by atoms with Crippen molar-refractivity contribution in [3.63, 3.8) is 0 Å². The molecule has 1 fully saturated rings. The first-order chi connectivity index (χ1) is 12.0. The van der Waals surface area contributed by atoms with E-state index in [0.29, 0.717) is 24.5 Å². The monoisotopic (exact) mass is 379 g/mol. The lowest BCUT2D eigenvalue weighted by Gasteiger charge is -2.31. The van der Waals surface area contributed by atoms with Gasteiger partial charge in [0.25, 0.3) is 0 Å². The van der Waals surface area contributed by atoms with E-state index in [2.05, 4.69) is 10.3 Å². The molecule has 134 valence electrons. The lowest BCUT2D eigenvalue weighted by Crippen LogP contribution is -2.39. The molecule has 1 amide bonds. The van der Waals surface area contributed by atoms with Crippen LogP contribution in [0.5, 0.6) is 0 Å². The van der Waals surface area contributed by atoms with Gasteiger partial charge in [0.1, 0.15) is 0 Å². The zero-order valence-corrected chi connectivity index (χ0v) is 15.6. The lowest BCUT2D eigenvalue weighted by molar-refractivity contribution is -0.119. The van der Waals surface area contributed by atoms with E-state index >= 15 is 0 Å². The second-order valence-corrected chi connectivity index (χ2v) is 8.93. The molecule has 1 aromatic heterocycles. The molecular weight excluding hydrogens is 358 g/mol. The van der Waals surface area contributed by atoms with E-state index in [-0.39, 0.29) is 11.8 Å². The zero-order valence-electron chi connectivity index (χ0n) is 14.0. The normalized spacial score (nSPS) is 18.8. The number of hydrogen-bond acceptors (Lipinski definition) is 5. The van der Waals surface area contributed by atoms with Crippen molar-refractivity contribution in [3.8, 4) is 0 Å². The van der Waals surface area contributed by atoms with E-state index in [4.69, 9.17) is 0 Å². The van der Waals surface area contributed by atoms with Crippen LogP contribution in [0.4, 0.5) is 0 Å². The van der Waals surface area contributed by atoms with Crippen molar-refractivity contribution in [2.24, 2.45) is 0 Å². The Morgan fingerprint density at radius 2 is 2.12 bits per heavy atom. The highest BCUT2D eigenvalue weighted by Gasteiger charge is 2.31. The number of carbonyl (C=O) groups excluding carboxylic acids is 1. The second kappa shape index (κ2) is 7.63. The van der Waals surface area contributed by atoms with Gasteiger partial charge in [0.2, 0.25) is 15.9 Å². The Hall–Kier alpha value is -1.77. The van der Waals surface area contributed by atoms with E-state index in [0.717, 1.165) is 23.5 Å². The van der Waals surface area contributed by atoms with Crippen molar-refractivity contribution in [2.45, 2.75) is 37.1 Å². The molecule has 1 N–H and O–H groups in total. The minimum atomic E-state index is -3.46. The number of nitrogens with zero attached hydrogens (tertiary/aromatic N) is 2. The van der Waals surface area contributed by atoms with E-state index in [1.54, 1.807) is 28.6 Å². The van der Waals surface area contributed by atoms with Crippen molar-refractivity contribution in [1.29, 1.82) is 0 Å². The molecule has 1 unspecified atom stereocenters. The van der Waals surface area contributed by atoms with Crippen molar-refractivity contribution < 1.29 is 13.2 Å². The summed E-state index contributed by atoms with van der Waals surface area (Å²) in [6, 6.07) is 8.55. The Bertz CT molecular complexity index is 834. The molecule has 1 saturated heterocycles. The number of benzene rings is 1. The van der Waals surface area contributed by atoms with Crippen LogP contribution >= 0.6 is 11.3 Å². The minimum Gasteiger partial charge on any atom is -0.351 e. The van der Waals surface area contributed by atoms with Gasteiger partial charge in [0.05, 0.1) is 22.1 Å². The number of thiazole rings is 1. The van der Waals surface area contributed by atoms with Crippen LogP contribution < -0.4 is 5.32 Å². The molecule has 1 aliphatic rings. The predicted molar refractivity (Wildman–Crippen MR) is 96.8 cm³/mol. The highest BCUT2D eigenvalue weighted by molar-refractivity contribution is 7.89. The van der Waals surface area contributed by atoms with Crippen LogP contribution in [0.3, 0.4) is 0 Å². The number of hydrogen-bond donors (Lipinski definition) is 1. The van der Waals surface area contributed by atoms with Crippen LogP contribution in [-0.2, 0) is 21.4 Å². The quantitative estimate of drug-likeness (QED) is 0.865. The average Bonchev–Trinajstić information content (AvgIpc) is 3.10. The van der Waals surface area contributed by atoms with E-state index in [9.17, 15) is 13.2 Å². The van der Waals surface area contributed by atoms with Crippen molar-refractivity contribution in [2.75, 3.05) is 13.1 Å². The largest absolute Gasteiger partial charge is 0.351 e. The fourth-order valence-electron chi connectivity index (χ4n) is 2.91. The third kappa shape index (κ3) is 4.26. The van der Waals surface area contributed by atoms with Gasteiger partial charge in [-0.1, -0.05) is 18.2 Å². The number of piperidine rings is 1. The number of amides is 1. The topological polar surface area (TPSA) is 79.4 Å². The molecule has 0 spiro atoms. The Morgan fingerprint density at radius 1 is 1.36 bits per heavy atom. The number of nitrogens with one attached hydrogen (secondary N) is 1. The maximum Gasteiger partial charge on any atom is 0.243 e. The summed E-state index contributed by atoms with van der Waals surface area (Å²) in [5.74, 6) is 0.00987. The number of carbonyl (C=O) groups is 1. The molecule has 0 saturated carbocycles. The summed E-state index contributed by atoms with van der Waals surface area (Å²) in [5, 5.41) is 5.60. The molecule has 2 aromatic rings. The first-order valence-electron chi connectivity index (χ1n) is 8.21. The maximum atomic E-state index is 12.8. The summed E-state index contributed by atoms with van der Waals surface area (Å²) in [6.45, 7) is 2.87. The smallest absolute Gasteiger partial charge is 0.243 e. The number of rotatable bonds is 5. The zero-order chi connectivity index (χ0) is 17.9. The average molecular weight is 380 g/mol. The van der Waals surface area contributed by atoms with Crippen LogP contribution in [0.2, 0.25) is 0 Å². The van der Waals surface area contributed by atoms with Gasteiger partial charge in [0.15, 0.2) is 0 Å². The molecule has 1 aromatic carbocycles. The molecule has 8 heteroatoms. The maximum absolute atomic E-state index is 12.8. The van der Waals surface area contributed by atoms with Crippen molar-refractivity contribution in [1.82, 2.24) is 14.6 Å². The third-order valence-corrected chi connectivity index (χ3v) is 7.14. The van der Waals surface area contributed by atoms with Crippen molar-refractivity contribution in [3.05, 3.63) is 46.4 Å². The molecule has 1 aliphatic heterocycles. The summed E-state index contributed by atoms with van der Waals surface area (Å²) in [5.41, 5.74) is 0.818. The number of aromatic nitrogens is 1. The van der Waals surface area contributed by atoms with Crippen molar-refractivity contribution >= 4 is 27.3 Å². The molecule has 0 radical (unpaired) electrons. The molecule has 6 nitrogen and oxygen atoms in total. The van der Waals surface area contributed by atoms with E-state index < -0.39 is 10.0 Å². The molecule has 2 heterocycles. The SMILES string of the molecule is CC(=O)NCc1csc(C2CCCN(S(=O)(=O)c3ccccc3)C2)n1. The van der Waals surface area contributed by atoms with E-state index in [1.807, 2.05) is 11.4 Å². The summed E-state index contributed by atoms with van der Waals surface area (Å²) in [7, 11) is -3.46.